The summed E-state index contributed by atoms with van der Waals surface area (Å²) in [7, 11) is 1.80. The third-order valence-electron chi connectivity index (χ3n) is 2.90. The van der Waals surface area contributed by atoms with Crippen LogP contribution in [0.5, 0.6) is 0 Å². The topological polar surface area (TPSA) is 38.1 Å². The predicted octanol–water partition coefficient (Wildman–Crippen LogP) is 3.04. The third-order valence-corrected chi connectivity index (χ3v) is 4.11. The van der Waals surface area contributed by atoms with Crippen molar-refractivity contribution in [3.05, 3.63) is 47.3 Å². The molecule has 1 aromatic carbocycles. The van der Waals surface area contributed by atoms with Crippen molar-refractivity contribution in [3.8, 4) is 0 Å². The molecule has 1 N–H and O–H groups in total. The minimum atomic E-state index is -0.847. The van der Waals surface area contributed by atoms with Crippen LogP contribution in [0.4, 0.5) is 8.78 Å². The van der Waals surface area contributed by atoms with Crippen LogP contribution in [-0.2, 0) is 13.7 Å². The predicted molar refractivity (Wildman–Crippen MR) is 69.8 cm³/mol. The van der Waals surface area contributed by atoms with Crippen molar-refractivity contribution in [2.75, 3.05) is 0 Å². The second-order valence-electron chi connectivity index (χ2n) is 4.18. The quantitative estimate of drug-likeness (QED) is 0.877. The van der Waals surface area contributed by atoms with Crippen molar-refractivity contribution < 1.29 is 13.9 Å². The molecule has 2 rings (SSSR count). The highest BCUT2D eigenvalue weighted by Crippen LogP contribution is 2.34. The van der Waals surface area contributed by atoms with Crippen molar-refractivity contribution in [3.63, 3.8) is 0 Å². The lowest BCUT2D eigenvalue weighted by Gasteiger charge is -2.12. The van der Waals surface area contributed by atoms with Gasteiger partial charge in [0.1, 0.15) is 0 Å². The van der Waals surface area contributed by atoms with Gasteiger partial charge in [0.2, 0.25) is 0 Å². The smallest absolute Gasteiger partial charge is 0.168 e. The first-order valence-corrected chi connectivity index (χ1v) is 6.64. The number of hydrogen-bond acceptors (Lipinski definition) is 3. The number of halogens is 2. The Balaban J connectivity index is 2.18. The molecule has 0 radical (unpaired) electrons. The first-order chi connectivity index (χ1) is 9.02. The molecule has 0 aliphatic carbocycles. The number of nitrogens with zero attached hydrogens (tertiary/aromatic N) is 2. The standard InChI is InChI=1S/C13H14F2N2OS/c1-8(9-3-4-11(14)12(15)5-9)19-13-16-6-10(7-18)17(13)2/h3-6,8,18H,7H2,1-2H3. The van der Waals surface area contributed by atoms with Crippen molar-refractivity contribution in [2.45, 2.75) is 23.9 Å². The summed E-state index contributed by atoms with van der Waals surface area (Å²) >= 11 is 1.43. The van der Waals surface area contributed by atoms with Crippen LogP contribution in [-0.4, -0.2) is 14.7 Å². The highest BCUT2D eigenvalue weighted by atomic mass is 32.2. The molecule has 19 heavy (non-hydrogen) atoms. The SMILES string of the molecule is CC(Sc1ncc(CO)n1C)c1ccc(F)c(F)c1. The summed E-state index contributed by atoms with van der Waals surface area (Å²) in [5, 5.41) is 9.75. The lowest BCUT2D eigenvalue weighted by Crippen LogP contribution is -1.99. The summed E-state index contributed by atoms with van der Waals surface area (Å²) in [6.07, 6.45) is 1.60. The van der Waals surface area contributed by atoms with Crippen molar-refractivity contribution >= 4 is 11.8 Å². The van der Waals surface area contributed by atoms with Gasteiger partial charge in [-0.1, -0.05) is 17.8 Å². The lowest BCUT2D eigenvalue weighted by atomic mass is 10.1. The van der Waals surface area contributed by atoms with Crippen LogP contribution >= 0.6 is 11.8 Å². The molecule has 0 bridgehead atoms. The number of hydrogen-bond donors (Lipinski definition) is 1. The van der Waals surface area contributed by atoms with Crippen LogP contribution in [0, 0.1) is 11.6 Å². The van der Waals surface area contributed by atoms with E-state index in [0.717, 1.165) is 11.2 Å². The molecule has 0 amide bonds. The molecule has 0 fully saturated rings. The first-order valence-electron chi connectivity index (χ1n) is 5.76. The van der Waals surface area contributed by atoms with E-state index in [1.165, 1.54) is 17.8 Å². The van der Waals surface area contributed by atoms with Gasteiger partial charge in [-0.25, -0.2) is 13.8 Å². The maximum Gasteiger partial charge on any atom is 0.168 e. The Bertz CT molecular complexity index is 586. The van der Waals surface area contributed by atoms with Crippen LogP contribution in [0.15, 0.2) is 29.6 Å². The second kappa shape index (κ2) is 5.71. The van der Waals surface area contributed by atoms with Gasteiger partial charge in [0.15, 0.2) is 16.8 Å². The number of thioether (sulfide) groups is 1. The Morgan fingerprint density at radius 2 is 2.11 bits per heavy atom. The zero-order chi connectivity index (χ0) is 14.0. The van der Waals surface area contributed by atoms with Gasteiger partial charge in [-0.15, -0.1) is 0 Å². The first kappa shape index (κ1) is 14.0. The Labute approximate surface area is 114 Å². The summed E-state index contributed by atoms with van der Waals surface area (Å²) in [6.45, 7) is 1.81. The average molecular weight is 284 g/mol. The van der Waals surface area contributed by atoms with Gasteiger partial charge in [0.05, 0.1) is 18.5 Å². The Kier molecular flexibility index (Phi) is 4.21. The largest absolute Gasteiger partial charge is 0.390 e. The van der Waals surface area contributed by atoms with Crippen LogP contribution in [0.25, 0.3) is 0 Å². The molecule has 102 valence electrons. The molecule has 0 saturated heterocycles. The molecule has 6 heteroatoms. The Morgan fingerprint density at radius 3 is 2.68 bits per heavy atom. The maximum atomic E-state index is 13.2. The number of aliphatic hydroxyl groups excluding tert-OH is 1. The monoisotopic (exact) mass is 284 g/mol. The minimum absolute atomic E-state index is 0.0669. The van der Waals surface area contributed by atoms with Gasteiger partial charge >= 0.3 is 0 Å². The molecule has 0 spiro atoms. The van der Waals surface area contributed by atoms with Crippen LogP contribution in [0.3, 0.4) is 0 Å². The van der Waals surface area contributed by atoms with Gasteiger partial charge in [0.25, 0.3) is 0 Å². The lowest BCUT2D eigenvalue weighted by molar-refractivity contribution is 0.271. The molecule has 1 unspecified atom stereocenters. The summed E-state index contributed by atoms with van der Waals surface area (Å²) < 4.78 is 27.8. The fourth-order valence-corrected chi connectivity index (χ4v) is 2.66. The third kappa shape index (κ3) is 2.96. The number of imidazole rings is 1. The molecule has 2 aromatic rings. The van der Waals surface area contributed by atoms with E-state index in [9.17, 15) is 8.78 Å². The van der Waals surface area contributed by atoms with E-state index in [1.807, 2.05) is 6.92 Å². The average Bonchev–Trinajstić information content (AvgIpc) is 2.73. The van der Waals surface area contributed by atoms with E-state index in [-0.39, 0.29) is 11.9 Å². The van der Waals surface area contributed by atoms with Gasteiger partial charge in [-0.2, -0.15) is 0 Å². The van der Waals surface area contributed by atoms with Crippen LogP contribution in [0.1, 0.15) is 23.4 Å². The van der Waals surface area contributed by atoms with E-state index < -0.39 is 11.6 Å². The molecule has 0 aliphatic heterocycles. The fourth-order valence-electron chi connectivity index (χ4n) is 1.67. The van der Waals surface area contributed by atoms with Crippen molar-refractivity contribution in [2.24, 2.45) is 7.05 Å². The van der Waals surface area contributed by atoms with E-state index in [0.29, 0.717) is 11.3 Å². The van der Waals surface area contributed by atoms with Gasteiger partial charge in [-0.05, 0) is 24.6 Å². The zero-order valence-corrected chi connectivity index (χ0v) is 11.4. The van der Waals surface area contributed by atoms with Crippen LogP contribution < -0.4 is 0 Å². The van der Waals surface area contributed by atoms with E-state index in [1.54, 1.807) is 23.9 Å². The van der Waals surface area contributed by atoms with Crippen LogP contribution in [0.2, 0.25) is 0 Å². The van der Waals surface area contributed by atoms with E-state index in [2.05, 4.69) is 4.98 Å². The molecule has 0 saturated carbocycles. The number of rotatable bonds is 4. The van der Waals surface area contributed by atoms with Gasteiger partial charge < -0.3 is 9.67 Å². The second-order valence-corrected chi connectivity index (χ2v) is 5.49. The minimum Gasteiger partial charge on any atom is -0.390 e. The Morgan fingerprint density at radius 1 is 1.37 bits per heavy atom. The molecule has 1 aromatic heterocycles. The zero-order valence-electron chi connectivity index (χ0n) is 10.6. The number of aromatic nitrogens is 2. The molecule has 0 aliphatic rings. The summed E-state index contributed by atoms with van der Waals surface area (Å²) in [5.74, 6) is -1.69. The molecule has 1 atom stereocenters. The highest BCUT2D eigenvalue weighted by molar-refractivity contribution is 7.99. The van der Waals surface area contributed by atoms with Crippen molar-refractivity contribution in [1.29, 1.82) is 0 Å². The molecule has 3 nitrogen and oxygen atoms in total. The van der Waals surface area contributed by atoms with Gasteiger partial charge in [-0.3, -0.25) is 0 Å². The molecule has 1 heterocycles. The summed E-state index contributed by atoms with van der Waals surface area (Å²) in [5.41, 5.74) is 1.40. The fraction of sp³-hybridized carbons (Fsp3) is 0.308. The molecular formula is C13H14F2N2OS. The van der Waals surface area contributed by atoms with E-state index in [4.69, 9.17) is 5.11 Å². The summed E-state index contributed by atoms with van der Waals surface area (Å²) in [4.78, 5) is 4.19. The summed E-state index contributed by atoms with van der Waals surface area (Å²) in [6, 6.07) is 3.88. The van der Waals surface area contributed by atoms with E-state index >= 15 is 0 Å². The normalized spacial score (nSPS) is 12.7. The Hall–Kier alpha value is -1.40. The maximum absolute atomic E-state index is 13.2. The number of benzene rings is 1. The van der Waals surface area contributed by atoms with Gasteiger partial charge in [0, 0.05) is 12.3 Å². The van der Waals surface area contributed by atoms with Crippen molar-refractivity contribution in [1.82, 2.24) is 9.55 Å². The highest BCUT2D eigenvalue weighted by Gasteiger charge is 2.14. The molecular weight excluding hydrogens is 270 g/mol. The number of aliphatic hydroxyl groups is 1.